The van der Waals surface area contributed by atoms with Crippen LogP contribution in [0, 0.1) is 0 Å². The number of aromatic nitrogens is 3. The van der Waals surface area contributed by atoms with E-state index in [2.05, 4.69) is 10.3 Å². The minimum atomic E-state index is -3.77. The highest BCUT2D eigenvalue weighted by Crippen LogP contribution is 2.20. The molecule has 0 saturated carbocycles. The molecule has 0 aliphatic heterocycles. The third-order valence-corrected chi connectivity index (χ3v) is 3.75. The molecule has 0 bridgehead atoms. The maximum Gasteiger partial charge on any atom is 0.238 e. The summed E-state index contributed by atoms with van der Waals surface area (Å²) >= 11 is 0. The lowest BCUT2D eigenvalue weighted by molar-refractivity contribution is 0.475. The van der Waals surface area contributed by atoms with Gasteiger partial charge in [-0.05, 0) is 42.5 Å². The summed E-state index contributed by atoms with van der Waals surface area (Å²) in [7, 11) is -3.77. The molecule has 3 rings (SSSR count). The second kappa shape index (κ2) is 4.29. The molecule has 0 fully saturated rings. The first-order valence-electron chi connectivity index (χ1n) is 5.63. The van der Waals surface area contributed by atoms with E-state index in [1.165, 1.54) is 24.3 Å². The first-order valence-corrected chi connectivity index (χ1v) is 7.17. The van der Waals surface area contributed by atoms with E-state index in [1.807, 2.05) is 0 Å². The average Bonchev–Trinajstić information content (AvgIpc) is 2.81. The van der Waals surface area contributed by atoms with Crippen LogP contribution >= 0.6 is 0 Å². The fourth-order valence-electron chi connectivity index (χ4n) is 1.87. The molecular weight excluding hydrogens is 280 g/mol. The van der Waals surface area contributed by atoms with Crippen molar-refractivity contribution in [3.8, 4) is 11.4 Å². The van der Waals surface area contributed by atoms with Gasteiger partial charge in [-0.25, -0.2) is 18.2 Å². The van der Waals surface area contributed by atoms with Gasteiger partial charge in [-0.15, -0.1) is 5.10 Å². The average molecular weight is 290 g/mol. The Balaban J connectivity index is 2.17. The van der Waals surface area contributed by atoms with Crippen molar-refractivity contribution in [1.82, 2.24) is 15.0 Å². The predicted octanol–water partition coefficient (Wildman–Crippen LogP) is 0.774. The van der Waals surface area contributed by atoms with E-state index in [0.29, 0.717) is 16.7 Å². The van der Waals surface area contributed by atoms with Crippen molar-refractivity contribution in [3.63, 3.8) is 0 Å². The van der Waals surface area contributed by atoms with E-state index in [9.17, 15) is 13.5 Å². The van der Waals surface area contributed by atoms with Crippen LogP contribution in [-0.4, -0.2) is 28.5 Å². The van der Waals surface area contributed by atoms with Crippen molar-refractivity contribution >= 4 is 21.1 Å². The van der Waals surface area contributed by atoms with Crippen LogP contribution in [0.2, 0.25) is 0 Å². The Kier molecular flexibility index (Phi) is 2.70. The maximum absolute atomic E-state index is 11.3. The van der Waals surface area contributed by atoms with Crippen LogP contribution < -0.4 is 5.14 Å². The lowest BCUT2D eigenvalue weighted by Crippen LogP contribution is -2.11. The summed E-state index contributed by atoms with van der Waals surface area (Å²) in [5.41, 5.74) is 1.77. The molecule has 2 aromatic carbocycles. The second-order valence-electron chi connectivity index (χ2n) is 4.21. The third-order valence-electron chi connectivity index (χ3n) is 2.84. The fourth-order valence-corrected chi connectivity index (χ4v) is 2.40. The molecule has 0 amide bonds. The number of hydrogen-bond donors (Lipinski definition) is 2. The molecule has 3 aromatic rings. The van der Waals surface area contributed by atoms with Gasteiger partial charge < -0.3 is 5.11 Å². The van der Waals surface area contributed by atoms with Gasteiger partial charge in [0.2, 0.25) is 10.0 Å². The van der Waals surface area contributed by atoms with Crippen molar-refractivity contribution in [1.29, 1.82) is 0 Å². The topological polar surface area (TPSA) is 111 Å². The monoisotopic (exact) mass is 290 g/mol. The molecule has 0 radical (unpaired) electrons. The zero-order valence-electron chi connectivity index (χ0n) is 10.1. The van der Waals surface area contributed by atoms with Gasteiger partial charge in [0.1, 0.15) is 11.3 Å². The SMILES string of the molecule is NS(=O)(=O)c1ccc2c(c1)nnn2-c1ccc(O)cc1. The van der Waals surface area contributed by atoms with Crippen LogP contribution in [0.1, 0.15) is 0 Å². The zero-order valence-corrected chi connectivity index (χ0v) is 10.9. The number of nitrogens with two attached hydrogens (primary N) is 1. The highest BCUT2D eigenvalue weighted by atomic mass is 32.2. The Morgan fingerprint density at radius 3 is 2.45 bits per heavy atom. The molecule has 7 nitrogen and oxygen atoms in total. The van der Waals surface area contributed by atoms with Gasteiger partial charge in [0.15, 0.2) is 0 Å². The molecule has 0 atom stereocenters. The summed E-state index contributed by atoms with van der Waals surface area (Å²) in [5, 5.41) is 22.2. The highest BCUT2D eigenvalue weighted by Gasteiger charge is 2.12. The Labute approximate surface area is 114 Å². The van der Waals surface area contributed by atoms with Crippen molar-refractivity contribution < 1.29 is 13.5 Å². The number of aromatic hydroxyl groups is 1. The number of sulfonamides is 1. The van der Waals surface area contributed by atoms with Crippen LogP contribution in [0.25, 0.3) is 16.7 Å². The number of phenols is 1. The number of hydrogen-bond acceptors (Lipinski definition) is 5. The van der Waals surface area contributed by atoms with Gasteiger partial charge in [-0.1, -0.05) is 5.21 Å². The smallest absolute Gasteiger partial charge is 0.238 e. The summed E-state index contributed by atoms with van der Waals surface area (Å²) in [6.45, 7) is 0. The van der Waals surface area contributed by atoms with E-state index in [4.69, 9.17) is 5.14 Å². The summed E-state index contributed by atoms with van der Waals surface area (Å²) < 4.78 is 24.1. The van der Waals surface area contributed by atoms with E-state index in [-0.39, 0.29) is 10.6 Å². The van der Waals surface area contributed by atoms with E-state index in [0.717, 1.165) is 0 Å². The van der Waals surface area contributed by atoms with Crippen molar-refractivity contribution in [3.05, 3.63) is 42.5 Å². The quantitative estimate of drug-likeness (QED) is 0.724. The molecule has 0 aliphatic carbocycles. The molecule has 3 N–H and O–H groups in total. The predicted molar refractivity (Wildman–Crippen MR) is 71.9 cm³/mol. The molecule has 8 heteroatoms. The molecule has 1 aromatic heterocycles. The van der Waals surface area contributed by atoms with Gasteiger partial charge in [0, 0.05) is 0 Å². The number of phenolic OH excluding ortho intramolecular Hbond substituents is 1. The number of primary sulfonamides is 1. The molecular formula is C12H10N4O3S. The summed E-state index contributed by atoms with van der Waals surface area (Å²) in [4.78, 5) is -0.0113. The lowest BCUT2D eigenvalue weighted by Gasteiger charge is -2.02. The van der Waals surface area contributed by atoms with Gasteiger partial charge in [0.25, 0.3) is 0 Å². The van der Waals surface area contributed by atoms with Crippen molar-refractivity contribution in [2.45, 2.75) is 4.90 Å². The van der Waals surface area contributed by atoms with Gasteiger partial charge >= 0.3 is 0 Å². The van der Waals surface area contributed by atoms with Crippen LogP contribution in [0.4, 0.5) is 0 Å². The Bertz CT molecular complexity index is 885. The second-order valence-corrected chi connectivity index (χ2v) is 5.77. The van der Waals surface area contributed by atoms with Gasteiger partial charge in [-0.2, -0.15) is 0 Å². The number of benzene rings is 2. The van der Waals surface area contributed by atoms with Crippen molar-refractivity contribution in [2.75, 3.05) is 0 Å². The minimum absolute atomic E-state index is 0.0113. The Hall–Kier alpha value is -2.45. The first kappa shape index (κ1) is 12.6. The minimum Gasteiger partial charge on any atom is -0.508 e. The standard InChI is InChI=1S/C12H10N4O3S/c13-20(18,19)10-5-6-12-11(7-10)14-15-16(12)8-1-3-9(17)4-2-8/h1-7,17H,(H2,13,18,19). The fraction of sp³-hybridized carbons (Fsp3) is 0. The molecule has 102 valence electrons. The number of nitrogens with zero attached hydrogens (tertiary/aromatic N) is 3. The van der Waals surface area contributed by atoms with E-state index in [1.54, 1.807) is 22.9 Å². The third kappa shape index (κ3) is 2.10. The molecule has 1 heterocycles. The Morgan fingerprint density at radius 1 is 1.10 bits per heavy atom. The summed E-state index contributed by atoms with van der Waals surface area (Å²) in [6, 6.07) is 10.8. The van der Waals surface area contributed by atoms with Crippen molar-refractivity contribution in [2.24, 2.45) is 5.14 Å². The molecule has 0 aliphatic rings. The Morgan fingerprint density at radius 2 is 1.80 bits per heavy atom. The molecule has 0 spiro atoms. The van der Waals surface area contributed by atoms with E-state index < -0.39 is 10.0 Å². The molecule has 20 heavy (non-hydrogen) atoms. The summed E-state index contributed by atoms with van der Waals surface area (Å²) in [6.07, 6.45) is 0. The van der Waals surface area contributed by atoms with Crippen LogP contribution in [0.5, 0.6) is 5.75 Å². The van der Waals surface area contributed by atoms with Crippen LogP contribution in [-0.2, 0) is 10.0 Å². The zero-order chi connectivity index (χ0) is 14.3. The summed E-state index contributed by atoms with van der Waals surface area (Å²) in [5.74, 6) is 0.148. The lowest BCUT2D eigenvalue weighted by atomic mass is 10.2. The largest absolute Gasteiger partial charge is 0.508 e. The van der Waals surface area contributed by atoms with E-state index >= 15 is 0 Å². The normalized spacial score (nSPS) is 11.8. The van der Waals surface area contributed by atoms with Crippen LogP contribution in [0.3, 0.4) is 0 Å². The van der Waals surface area contributed by atoms with Gasteiger partial charge in [-0.3, -0.25) is 0 Å². The first-order chi connectivity index (χ1) is 9.45. The van der Waals surface area contributed by atoms with Gasteiger partial charge in [0.05, 0.1) is 16.1 Å². The molecule has 0 saturated heterocycles. The number of fused-ring (bicyclic) bond motifs is 1. The molecule has 0 unspecified atom stereocenters. The van der Waals surface area contributed by atoms with Crippen LogP contribution in [0.15, 0.2) is 47.4 Å². The maximum atomic E-state index is 11.3. The number of rotatable bonds is 2. The highest BCUT2D eigenvalue weighted by molar-refractivity contribution is 7.89.